The van der Waals surface area contributed by atoms with Crippen molar-refractivity contribution in [2.24, 2.45) is 0 Å². The third kappa shape index (κ3) is 7.21. The van der Waals surface area contributed by atoms with Gasteiger partial charge in [-0.05, 0) is 68.6 Å². The molecule has 158 valence electrons. The molecule has 0 aromatic heterocycles. The first-order chi connectivity index (χ1) is 13.6. The molecule has 3 nitrogen and oxygen atoms in total. The number of hydrogen-bond donors (Lipinski definition) is 2. The zero-order valence-corrected chi connectivity index (χ0v) is 17.1. The SMILES string of the molecule is Cc1ccc(Sc2ccc(F)cc2Cl)c(C2CCNCC2)c1.O=C(O)C(F)(F)F. The first kappa shape index (κ1) is 23.5. The minimum atomic E-state index is -5.08. The second kappa shape index (κ2) is 10.3. The van der Waals surface area contributed by atoms with Gasteiger partial charge in [0.2, 0.25) is 0 Å². The van der Waals surface area contributed by atoms with E-state index in [1.54, 1.807) is 17.8 Å². The molecule has 1 heterocycles. The van der Waals surface area contributed by atoms with Gasteiger partial charge in [0, 0.05) is 9.79 Å². The molecule has 0 saturated carbocycles. The van der Waals surface area contributed by atoms with Crippen LogP contribution in [-0.2, 0) is 4.79 Å². The number of carbonyl (C=O) groups is 1. The van der Waals surface area contributed by atoms with Crippen LogP contribution in [0.15, 0.2) is 46.2 Å². The van der Waals surface area contributed by atoms with Crippen molar-refractivity contribution in [2.45, 2.75) is 41.7 Å². The molecule has 1 saturated heterocycles. The predicted octanol–water partition coefficient (Wildman–Crippen LogP) is 6.04. The second-order valence-corrected chi connectivity index (χ2v) is 8.04. The lowest BCUT2D eigenvalue weighted by atomic mass is 9.89. The van der Waals surface area contributed by atoms with E-state index >= 15 is 0 Å². The number of rotatable bonds is 3. The maximum Gasteiger partial charge on any atom is 0.490 e. The first-order valence-corrected chi connectivity index (χ1v) is 10.0. The van der Waals surface area contributed by atoms with E-state index in [4.69, 9.17) is 21.5 Å². The average molecular weight is 450 g/mol. The first-order valence-electron chi connectivity index (χ1n) is 8.82. The van der Waals surface area contributed by atoms with Crippen LogP contribution in [0.2, 0.25) is 5.02 Å². The summed E-state index contributed by atoms with van der Waals surface area (Å²) in [4.78, 5) is 11.0. The minimum Gasteiger partial charge on any atom is -0.475 e. The molecule has 0 aliphatic carbocycles. The van der Waals surface area contributed by atoms with Crippen LogP contribution in [-0.4, -0.2) is 30.3 Å². The standard InChI is InChI=1S/C18H19ClFNS.C2HF3O2/c1-12-2-4-17(15(10-12)13-6-8-21-9-7-13)22-18-5-3-14(20)11-16(18)19;3-2(4,5)1(6)7/h2-5,10-11,13,21H,6-9H2,1H3;(H,6,7). The molecule has 2 aromatic carbocycles. The van der Waals surface area contributed by atoms with Crippen molar-refractivity contribution >= 4 is 29.3 Å². The number of carboxylic acids is 1. The molecular weight excluding hydrogens is 430 g/mol. The predicted molar refractivity (Wildman–Crippen MR) is 105 cm³/mol. The Hall–Kier alpha value is -1.77. The van der Waals surface area contributed by atoms with Gasteiger partial charge in [-0.1, -0.05) is 41.1 Å². The Morgan fingerprint density at radius 3 is 2.28 bits per heavy atom. The number of piperidine rings is 1. The molecule has 9 heteroatoms. The van der Waals surface area contributed by atoms with Crippen LogP contribution in [0.1, 0.15) is 29.9 Å². The van der Waals surface area contributed by atoms with E-state index in [-0.39, 0.29) is 5.82 Å². The number of aliphatic carboxylic acids is 1. The largest absolute Gasteiger partial charge is 0.490 e. The fourth-order valence-corrected chi connectivity index (χ4v) is 4.18. The van der Waals surface area contributed by atoms with Crippen LogP contribution in [0, 0.1) is 12.7 Å². The molecule has 0 amide bonds. The monoisotopic (exact) mass is 449 g/mol. The fraction of sp³-hybridized carbons (Fsp3) is 0.350. The van der Waals surface area contributed by atoms with Crippen LogP contribution >= 0.6 is 23.4 Å². The summed E-state index contributed by atoms with van der Waals surface area (Å²) in [5.74, 6) is -2.47. The highest BCUT2D eigenvalue weighted by atomic mass is 35.5. The number of nitrogens with one attached hydrogen (secondary N) is 1. The Labute approximate surface area is 175 Å². The lowest BCUT2D eigenvalue weighted by molar-refractivity contribution is -0.192. The topological polar surface area (TPSA) is 49.3 Å². The van der Waals surface area contributed by atoms with Crippen molar-refractivity contribution in [1.82, 2.24) is 5.32 Å². The zero-order valence-electron chi connectivity index (χ0n) is 15.5. The lowest BCUT2D eigenvalue weighted by Crippen LogP contribution is -2.26. The summed E-state index contributed by atoms with van der Waals surface area (Å²) < 4.78 is 44.9. The second-order valence-electron chi connectivity index (χ2n) is 6.55. The van der Waals surface area contributed by atoms with Crippen LogP contribution in [0.5, 0.6) is 0 Å². The van der Waals surface area contributed by atoms with Crippen molar-refractivity contribution in [3.63, 3.8) is 0 Å². The van der Waals surface area contributed by atoms with Crippen LogP contribution in [0.25, 0.3) is 0 Å². The third-order valence-corrected chi connectivity index (χ3v) is 5.89. The van der Waals surface area contributed by atoms with Gasteiger partial charge in [0.25, 0.3) is 0 Å². The Kier molecular flexibility index (Phi) is 8.36. The van der Waals surface area contributed by atoms with Crippen molar-refractivity contribution in [3.8, 4) is 0 Å². The molecule has 0 spiro atoms. The maximum atomic E-state index is 13.2. The molecule has 0 atom stereocenters. The summed E-state index contributed by atoms with van der Waals surface area (Å²) in [6.45, 7) is 4.27. The lowest BCUT2D eigenvalue weighted by Gasteiger charge is -2.25. The van der Waals surface area contributed by atoms with Gasteiger partial charge < -0.3 is 10.4 Å². The number of halogens is 5. The van der Waals surface area contributed by atoms with Crippen molar-refractivity contribution in [3.05, 3.63) is 58.4 Å². The number of alkyl halides is 3. The molecule has 1 fully saturated rings. The van der Waals surface area contributed by atoms with Crippen LogP contribution in [0.3, 0.4) is 0 Å². The van der Waals surface area contributed by atoms with E-state index in [2.05, 4.69) is 30.4 Å². The maximum absolute atomic E-state index is 13.2. The summed E-state index contributed by atoms with van der Waals surface area (Å²) in [6.07, 6.45) is -2.76. The third-order valence-electron chi connectivity index (χ3n) is 4.30. The van der Waals surface area contributed by atoms with Gasteiger partial charge in [0.15, 0.2) is 0 Å². The molecule has 2 aromatic rings. The quantitative estimate of drug-likeness (QED) is 0.561. The summed E-state index contributed by atoms with van der Waals surface area (Å²) in [5, 5.41) is 11.0. The number of hydrogen-bond acceptors (Lipinski definition) is 3. The van der Waals surface area contributed by atoms with Crippen LogP contribution < -0.4 is 5.32 Å². The van der Waals surface area contributed by atoms with Gasteiger partial charge in [-0.25, -0.2) is 9.18 Å². The van der Waals surface area contributed by atoms with Gasteiger partial charge in [-0.15, -0.1) is 0 Å². The highest BCUT2D eigenvalue weighted by molar-refractivity contribution is 7.99. The molecule has 1 aliphatic heterocycles. The smallest absolute Gasteiger partial charge is 0.475 e. The summed E-state index contributed by atoms with van der Waals surface area (Å²) >= 11 is 7.81. The number of aryl methyl sites for hydroxylation is 1. The molecule has 1 aliphatic rings. The van der Waals surface area contributed by atoms with E-state index in [9.17, 15) is 17.6 Å². The van der Waals surface area contributed by atoms with Crippen molar-refractivity contribution in [1.29, 1.82) is 0 Å². The van der Waals surface area contributed by atoms with Gasteiger partial charge >= 0.3 is 12.1 Å². The summed E-state index contributed by atoms with van der Waals surface area (Å²) in [7, 11) is 0. The fourth-order valence-electron chi connectivity index (χ4n) is 2.89. The van der Waals surface area contributed by atoms with E-state index in [0.717, 1.165) is 30.8 Å². The van der Waals surface area contributed by atoms with Gasteiger partial charge in [0.05, 0.1) is 5.02 Å². The Morgan fingerprint density at radius 2 is 1.72 bits per heavy atom. The summed E-state index contributed by atoms with van der Waals surface area (Å²) in [5.41, 5.74) is 2.68. The minimum absolute atomic E-state index is 0.295. The Balaban J connectivity index is 0.000000370. The molecule has 3 rings (SSSR count). The van der Waals surface area contributed by atoms with Gasteiger partial charge in [0.1, 0.15) is 5.82 Å². The molecule has 0 radical (unpaired) electrons. The highest BCUT2D eigenvalue weighted by Crippen LogP contribution is 2.40. The van der Waals surface area contributed by atoms with Crippen molar-refractivity contribution in [2.75, 3.05) is 13.1 Å². The van der Waals surface area contributed by atoms with Gasteiger partial charge in [-0.3, -0.25) is 0 Å². The molecule has 0 unspecified atom stereocenters. The van der Waals surface area contributed by atoms with E-state index in [1.165, 1.54) is 28.2 Å². The zero-order chi connectivity index (χ0) is 21.6. The van der Waals surface area contributed by atoms with Crippen molar-refractivity contribution < 1.29 is 27.5 Å². The molecule has 29 heavy (non-hydrogen) atoms. The average Bonchev–Trinajstić information content (AvgIpc) is 2.65. The highest BCUT2D eigenvalue weighted by Gasteiger charge is 2.38. The number of carboxylic acid groups (broad SMARTS) is 1. The van der Waals surface area contributed by atoms with E-state index in [1.807, 2.05) is 0 Å². The number of benzene rings is 2. The Morgan fingerprint density at radius 1 is 1.14 bits per heavy atom. The molecule has 0 bridgehead atoms. The normalized spacial score (nSPS) is 14.8. The van der Waals surface area contributed by atoms with E-state index in [0.29, 0.717) is 10.9 Å². The molecule has 2 N–H and O–H groups in total. The van der Waals surface area contributed by atoms with E-state index < -0.39 is 12.1 Å². The van der Waals surface area contributed by atoms with Gasteiger partial charge in [-0.2, -0.15) is 13.2 Å². The summed E-state index contributed by atoms with van der Waals surface area (Å²) in [6, 6.07) is 11.2. The molecular formula is C20H20ClF4NO2S. The van der Waals surface area contributed by atoms with Crippen LogP contribution in [0.4, 0.5) is 17.6 Å². The Bertz CT molecular complexity index is 855.